The first-order valence-electron chi connectivity index (χ1n) is 36.0. The number of ether oxygens (including phenoxy) is 6. The number of allylic oxidation sites excluding steroid dienone is 2. The van der Waals surface area contributed by atoms with Gasteiger partial charge in [-0.15, -0.1) is 0 Å². The first-order valence-corrected chi connectivity index (χ1v) is 36.0. The fourth-order valence-corrected chi connectivity index (χ4v) is 12.7. The molecule has 18 atom stereocenters. The molecule has 0 aromatic carbocycles. The third kappa shape index (κ3) is 31.8. The lowest BCUT2D eigenvalue weighted by molar-refractivity contribution is -0.386. The zero-order valence-corrected chi connectivity index (χ0v) is 56.4. The highest BCUT2D eigenvalue weighted by molar-refractivity contribution is 5.77. The molecule has 18 unspecified atom stereocenters. The molecule has 14 N–H and O–H groups in total. The summed E-state index contributed by atoms with van der Waals surface area (Å²) in [6, 6.07) is -2.53. The van der Waals surface area contributed by atoms with Crippen LogP contribution in [0.4, 0.5) is 0 Å². The predicted molar refractivity (Wildman–Crippen MR) is 348 cm³/mol. The minimum atomic E-state index is -3.08. The fraction of sp³-hybridized carbons (Fsp3) is 0.928. The van der Waals surface area contributed by atoms with Crippen molar-refractivity contribution in [2.75, 3.05) is 26.4 Å². The van der Waals surface area contributed by atoms with Crippen molar-refractivity contribution in [2.24, 2.45) is 0 Å². The molecule has 0 spiro atoms. The van der Waals surface area contributed by atoms with Gasteiger partial charge in [0.15, 0.2) is 12.6 Å². The number of aliphatic hydroxyl groups is 11. The lowest BCUT2D eigenvalue weighted by Gasteiger charge is -2.50. The van der Waals surface area contributed by atoms with Gasteiger partial charge in [0.25, 0.3) is 5.79 Å². The molecule has 0 saturated carbocycles. The van der Waals surface area contributed by atoms with Crippen LogP contribution in [-0.4, -0.2) is 215 Å². The first-order chi connectivity index (χ1) is 44.4. The Bertz CT molecular complexity index is 1910. The van der Waals surface area contributed by atoms with Crippen molar-refractivity contribution in [1.82, 2.24) is 10.6 Å². The molecular weight excluding hydrogens is 1190 g/mol. The van der Waals surface area contributed by atoms with Gasteiger partial charge >= 0.3 is 5.97 Å². The third-order valence-electron chi connectivity index (χ3n) is 18.5. The Labute approximate surface area is 550 Å². The molecule has 92 heavy (non-hydrogen) atoms. The summed E-state index contributed by atoms with van der Waals surface area (Å²) in [5.74, 6) is -6.10. The van der Waals surface area contributed by atoms with E-state index >= 15 is 0 Å². The molecule has 0 bridgehead atoms. The van der Waals surface area contributed by atoms with Crippen LogP contribution in [0.15, 0.2) is 12.2 Å². The first kappa shape index (κ1) is 83.7. The summed E-state index contributed by atoms with van der Waals surface area (Å²) in [4.78, 5) is 38.5. The summed E-state index contributed by atoms with van der Waals surface area (Å²) in [7, 11) is 0. The van der Waals surface area contributed by atoms with E-state index in [0.29, 0.717) is 19.3 Å². The standard InChI is InChI=1S/C69H128N2O21/c1-4-6-8-10-12-14-16-17-18-19-20-21-22-23-24-25-26-27-28-29-30-31-33-35-37-39-41-43-56(79)71-50(51(76)42-40-38-36-34-32-15-13-11-9-7-5-2)48-87-66-61(83)60(82)63(55(47-74)89-66)90-67-62(84)65(59(81)54(46-73)88-67)92-69(68(85)86)44-52(77)57(70-49(3)75)64(91-69)58(80)53(78)45-72/h23-24,50-55,57-67,72-74,76-78,80-84H,4-22,25-48H2,1-3H3,(H,70,75)(H,71,79)(H,85,86)/b24-23-. The molecule has 3 aliphatic heterocycles. The second-order valence-corrected chi connectivity index (χ2v) is 26.5. The predicted octanol–water partition coefficient (Wildman–Crippen LogP) is 7.07. The number of aliphatic hydroxyl groups excluding tert-OH is 11. The number of unbranched alkanes of at least 4 members (excludes halogenated alkanes) is 33. The molecule has 0 aliphatic carbocycles. The van der Waals surface area contributed by atoms with Crippen molar-refractivity contribution in [2.45, 2.75) is 381 Å². The normalized spacial score (nSPS) is 28.3. The van der Waals surface area contributed by atoms with Crippen molar-refractivity contribution in [3.8, 4) is 0 Å². The van der Waals surface area contributed by atoms with Crippen molar-refractivity contribution in [3.63, 3.8) is 0 Å². The molecule has 3 heterocycles. The maximum atomic E-state index is 13.5. The van der Waals surface area contributed by atoms with Gasteiger partial charge in [0.05, 0.1) is 50.7 Å². The van der Waals surface area contributed by atoms with Crippen LogP contribution >= 0.6 is 0 Å². The Morgan fingerprint density at radius 3 is 1.47 bits per heavy atom. The van der Waals surface area contributed by atoms with Crippen molar-refractivity contribution < 1.29 is 104 Å². The number of aliphatic carboxylic acids is 1. The van der Waals surface area contributed by atoms with Gasteiger partial charge in [-0.2, -0.15) is 0 Å². The van der Waals surface area contributed by atoms with Crippen molar-refractivity contribution >= 4 is 17.8 Å². The third-order valence-corrected chi connectivity index (χ3v) is 18.5. The van der Waals surface area contributed by atoms with Crippen LogP contribution in [0.2, 0.25) is 0 Å². The van der Waals surface area contributed by atoms with Gasteiger partial charge in [-0.1, -0.05) is 225 Å². The molecule has 0 aromatic heterocycles. The molecule has 3 fully saturated rings. The van der Waals surface area contributed by atoms with E-state index in [1.165, 1.54) is 167 Å². The Balaban J connectivity index is 1.51. The number of rotatable bonds is 55. The van der Waals surface area contributed by atoms with E-state index < -0.39 is 148 Å². The quantitative estimate of drug-likeness (QED) is 0.0214. The number of amides is 2. The van der Waals surface area contributed by atoms with E-state index in [0.717, 1.165) is 58.3 Å². The highest BCUT2D eigenvalue weighted by Crippen LogP contribution is 2.39. The SMILES string of the molecule is CCCCCCCCCCCCCC/C=C\CCCCCCCCCCCCCC(=O)NC(COC1OC(CO)C(OC2OC(CO)C(O)C(OC3(C(=O)O)CC(O)C(NC(C)=O)C(C(O)C(O)CO)O3)C2O)C(O)C1O)C(O)CCCCCCCCCCCCC. The number of carboxylic acid groups (broad SMARTS) is 1. The number of carboxylic acids is 1. The van der Waals surface area contributed by atoms with Gasteiger partial charge in [-0.25, -0.2) is 4.79 Å². The largest absolute Gasteiger partial charge is 0.477 e. The summed E-state index contributed by atoms with van der Waals surface area (Å²) in [6.45, 7) is 2.20. The van der Waals surface area contributed by atoms with E-state index in [1.54, 1.807) is 0 Å². The highest BCUT2D eigenvalue weighted by atomic mass is 16.8. The van der Waals surface area contributed by atoms with E-state index in [2.05, 4.69) is 36.6 Å². The van der Waals surface area contributed by atoms with Crippen molar-refractivity contribution in [1.29, 1.82) is 0 Å². The average molecular weight is 1320 g/mol. The number of hydrogen-bond donors (Lipinski definition) is 14. The molecule has 2 amide bonds. The average Bonchev–Trinajstić information content (AvgIpc) is 0.771. The lowest BCUT2D eigenvalue weighted by Crippen LogP contribution is -2.70. The molecule has 3 aliphatic rings. The topological polar surface area (TPSA) is 373 Å². The number of carbonyl (C=O) groups excluding carboxylic acids is 2. The number of nitrogens with one attached hydrogen (secondary N) is 2. The highest BCUT2D eigenvalue weighted by Gasteiger charge is 2.60. The maximum absolute atomic E-state index is 13.5. The summed E-state index contributed by atoms with van der Waals surface area (Å²) in [5.41, 5.74) is 0. The van der Waals surface area contributed by atoms with E-state index in [4.69, 9.17) is 28.4 Å². The van der Waals surface area contributed by atoms with Gasteiger partial charge in [-0.3, -0.25) is 9.59 Å². The van der Waals surface area contributed by atoms with Crippen LogP contribution in [-0.2, 0) is 42.8 Å². The molecule has 3 saturated heterocycles. The second-order valence-electron chi connectivity index (χ2n) is 26.5. The Hall–Kier alpha value is -2.53. The smallest absolute Gasteiger partial charge is 0.364 e. The van der Waals surface area contributed by atoms with Gasteiger partial charge in [0, 0.05) is 19.8 Å². The van der Waals surface area contributed by atoms with E-state index in [1.807, 2.05) is 0 Å². The zero-order chi connectivity index (χ0) is 67.5. The van der Waals surface area contributed by atoms with Crippen LogP contribution in [0.1, 0.15) is 271 Å². The van der Waals surface area contributed by atoms with Crippen LogP contribution in [0.5, 0.6) is 0 Å². The summed E-state index contributed by atoms with van der Waals surface area (Å²) in [6.07, 6.45) is 19.5. The molecule has 0 aromatic rings. The zero-order valence-electron chi connectivity index (χ0n) is 56.4. The van der Waals surface area contributed by atoms with Gasteiger partial charge in [0.2, 0.25) is 11.8 Å². The Kier molecular flexibility index (Phi) is 45.4. The minimum absolute atomic E-state index is 0.224. The molecule has 0 radical (unpaired) electrons. The summed E-state index contributed by atoms with van der Waals surface area (Å²) >= 11 is 0. The fourth-order valence-electron chi connectivity index (χ4n) is 12.7. The molecule has 23 heteroatoms. The van der Waals surface area contributed by atoms with E-state index in [9.17, 15) is 75.7 Å². The van der Waals surface area contributed by atoms with Crippen LogP contribution in [0.25, 0.3) is 0 Å². The number of hydrogen-bond acceptors (Lipinski definition) is 20. The lowest BCUT2D eigenvalue weighted by atomic mass is 9.88. The number of carbonyl (C=O) groups is 3. The molecular formula is C69H128N2O21. The summed E-state index contributed by atoms with van der Waals surface area (Å²) < 4.78 is 34.8. The maximum Gasteiger partial charge on any atom is 0.364 e. The molecule has 23 nitrogen and oxygen atoms in total. The van der Waals surface area contributed by atoms with Crippen LogP contribution in [0.3, 0.4) is 0 Å². The van der Waals surface area contributed by atoms with Crippen molar-refractivity contribution in [3.05, 3.63) is 12.2 Å². The van der Waals surface area contributed by atoms with E-state index in [-0.39, 0.29) is 18.9 Å². The molecule has 3 rings (SSSR count). The van der Waals surface area contributed by atoms with Crippen LogP contribution in [0, 0.1) is 0 Å². The summed E-state index contributed by atoms with van der Waals surface area (Å²) in [5, 5.41) is 136. The monoisotopic (exact) mass is 1320 g/mol. The van der Waals surface area contributed by atoms with Gasteiger partial charge in [-0.05, 0) is 38.5 Å². The Morgan fingerprint density at radius 2 is 1.01 bits per heavy atom. The second kappa shape index (κ2) is 49.9. The van der Waals surface area contributed by atoms with Gasteiger partial charge < -0.3 is 100 Å². The Morgan fingerprint density at radius 1 is 0.554 bits per heavy atom. The minimum Gasteiger partial charge on any atom is -0.477 e. The molecule has 540 valence electrons. The van der Waals surface area contributed by atoms with Gasteiger partial charge in [0.1, 0.15) is 67.1 Å². The van der Waals surface area contributed by atoms with Crippen LogP contribution < -0.4 is 10.6 Å².